The summed E-state index contributed by atoms with van der Waals surface area (Å²) in [6, 6.07) is 3.67. The number of allylic oxidation sites excluding steroid dienone is 1. The number of alkyl halides is 1. The Hall–Kier alpha value is -1.04. The first-order valence-electron chi connectivity index (χ1n) is 4.06. The summed E-state index contributed by atoms with van der Waals surface area (Å²) in [5.41, 5.74) is 1.25. The first-order chi connectivity index (χ1) is 6.77. The van der Waals surface area contributed by atoms with Gasteiger partial charge in [-0.3, -0.25) is 0 Å². The Labute approximate surface area is 92.8 Å². The van der Waals surface area contributed by atoms with Gasteiger partial charge in [-0.2, -0.15) is 5.26 Å². The number of aromatic nitrogens is 1. The normalized spacial score (nSPS) is 10.4. The molecule has 0 bridgehead atoms. The molecule has 72 valence electrons. The molecule has 0 aliphatic carbocycles. The highest BCUT2D eigenvalue weighted by Gasteiger charge is 1.99. The van der Waals surface area contributed by atoms with Gasteiger partial charge in [0, 0.05) is 12.1 Å². The highest BCUT2D eigenvalue weighted by Crippen LogP contribution is 2.14. The average Bonchev–Trinajstić information content (AvgIpc) is 2.21. The van der Waals surface area contributed by atoms with Gasteiger partial charge in [0.1, 0.15) is 11.2 Å². The molecule has 0 N–H and O–H groups in total. The standard InChI is InChI=1S/C10H8Cl2N2/c11-4-2-1-3-8-5-9(6-13)10(12)14-7-8/h1,3,5,7H,2,4H2. The van der Waals surface area contributed by atoms with Crippen molar-refractivity contribution in [3.63, 3.8) is 0 Å². The minimum atomic E-state index is 0.238. The smallest absolute Gasteiger partial charge is 0.146 e. The fourth-order valence-corrected chi connectivity index (χ4v) is 1.19. The number of nitrogens with zero attached hydrogens (tertiary/aromatic N) is 2. The van der Waals surface area contributed by atoms with E-state index in [1.165, 1.54) is 0 Å². The molecule has 0 spiro atoms. The maximum absolute atomic E-state index is 8.69. The van der Waals surface area contributed by atoms with Crippen LogP contribution in [-0.4, -0.2) is 10.9 Å². The van der Waals surface area contributed by atoms with Crippen LogP contribution in [0.4, 0.5) is 0 Å². The van der Waals surface area contributed by atoms with E-state index >= 15 is 0 Å². The van der Waals surface area contributed by atoms with Crippen molar-refractivity contribution in [2.45, 2.75) is 6.42 Å². The molecule has 2 nitrogen and oxygen atoms in total. The summed E-state index contributed by atoms with van der Waals surface area (Å²) in [6.07, 6.45) is 6.21. The predicted molar refractivity (Wildman–Crippen MR) is 58.3 cm³/mol. The Kier molecular flexibility index (Phi) is 4.45. The van der Waals surface area contributed by atoms with Gasteiger partial charge in [0.05, 0.1) is 5.56 Å². The van der Waals surface area contributed by atoms with Gasteiger partial charge in [0.15, 0.2) is 0 Å². The third-order valence-corrected chi connectivity index (χ3v) is 2.09. The Balaban J connectivity index is 2.86. The zero-order valence-corrected chi connectivity index (χ0v) is 8.89. The third kappa shape index (κ3) is 3.02. The number of rotatable bonds is 3. The molecule has 0 aliphatic heterocycles. The molecule has 1 rings (SSSR count). The Morgan fingerprint density at radius 2 is 2.36 bits per heavy atom. The van der Waals surface area contributed by atoms with E-state index < -0.39 is 0 Å². The summed E-state index contributed by atoms with van der Waals surface area (Å²) in [7, 11) is 0. The van der Waals surface area contributed by atoms with Crippen LogP contribution < -0.4 is 0 Å². The average molecular weight is 227 g/mol. The van der Waals surface area contributed by atoms with Crippen molar-refractivity contribution in [1.29, 1.82) is 5.26 Å². The molecule has 0 amide bonds. The second kappa shape index (κ2) is 5.64. The molecule has 0 aliphatic rings. The van der Waals surface area contributed by atoms with Gasteiger partial charge in [0.2, 0.25) is 0 Å². The summed E-state index contributed by atoms with van der Waals surface area (Å²) >= 11 is 11.2. The van der Waals surface area contributed by atoms with E-state index in [4.69, 9.17) is 28.5 Å². The van der Waals surface area contributed by atoms with E-state index in [0.29, 0.717) is 11.4 Å². The molecule has 4 heteroatoms. The Morgan fingerprint density at radius 1 is 1.57 bits per heavy atom. The highest BCUT2D eigenvalue weighted by molar-refractivity contribution is 6.30. The first-order valence-corrected chi connectivity index (χ1v) is 4.97. The topological polar surface area (TPSA) is 36.7 Å². The van der Waals surface area contributed by atoms with Gasteiger partial charge in [-0.25, -0.2) is 4.98 Å². The molecule has 0 saturated carbocycles. The molecule has 1 heterocycles. The third-order valence-electron chi connectivity index (χ3n) is 1.57. The second-order valence-electron chi connectivity index (χ2n) is 2.60. The number of hydrogen-bond acceptors (Lipinski definition) is 2. The van der Waals surface area contributed by atoms with Crippen LogP contribution in [0.15, 0.2) is 18.3 Å². The first kappa shape index (κ1) is 11.0. The van der Waals surface area contributed by atoms with Crippen molar-refractivity contribution < 1.29 is 0 Å². The number of nitriles is 1. The molecular formula is C10H8Cl2N2. The van der Waals surface area contributed by atoms with Gasteiger partial charge in [-0.05, 0) is 18.1 Å². The molecular weight excluding hydrogens is 219 g/mol. The summed E-state index contributed by atoms with van der Waals surface area (Å²) in [4.78, 5) is 3.89. The van der Waals surface area contributed by atoms with Crippen LogP contribution in [-0.2, 0) is 0 Å². The lowest BCUT2D eigenvalue weighted by molar-refractivity contribution is 1.24. The zero-order chi connectivity index (χ0) is 10.4. The summed E-state index contributed by atoms with van der Waals surface area (Å²) in [5.74, 6) is 0.586. The predicted octanol–water partition coefficient (Wildman–Crippen LogP) is 3.25. The molecule has 0 saturated heterocycles. The quantitative estimate of drug-likeness (QED) is 0.587. The fraction of sp³-hybridized carbons (Fsp3) is 0.200. The van der Waals surface area contributed by atoms with E-state index in [1.54, 1.807) is 12.3 Å². The fourth-order valence-electron chi connectivity index (χ4n) is 0.916. The van der Waals surface area contributed by atoms with Crippen LogP contribution in [0.2, 0.25) is 5.15 Å². The minimum absolute atomic E-state index is 0.238. The molecule has 0 atom stereocenters. The Morgan fingerprint density at radius 3 is 3.00 bits per heavy atom. The van der Waals surface area contributed by atoms with E-state index in [9.17, 15) is 0 Å². The van der Waals surface area contributed by atoms with Crippen molar-refractivity contribution in [3.8, 4) is 6.07 Å². The van der Waals surface area contributed by atoms with Crippen LogP contribution in [0.25, 0.3) is 6.08 Å². The number of halogens is 2. The lowest BCUT2D eigenvalue weighted by atomic mass is 10.2. The summed E-state index contributed by atoms with van der Waals surface area (Å²) < 4.78 is 0. The van der Waals surface area contributed by atoms with Crippen LogP contribution in [0, 0.1) is 11.3 Å². The molecule has 1 aromatic heterocycles. The van der Waals surface area contributed by atoms with E-state index in [1.807, 2.05) is 18.2 Å². The lowest BCUT2D eigenvalue weighted by Crippen LogP contribution is -1.84. The largest absolute Gasteiger partial charge is 0.243 e. The maximum atomic E-state index is 8.69. The molecule has 1 aromatic rings. The van der Waals surface area contributed by atoms with E-state index in [2.05, 4.69) is 4.98 Å². The van der Waals surface area contributed by atoms with Gasteiger partial charge in [-0.1, -0.05) is 23.8 Å². The molecule has 0 unspecified atom stereocenters. The van der Waals surface area contributed by atoms with Gasteiger partial charge >= 0.3 is 0 Å². The number of pyridine rings is 1. The van der Waals surface area contributed by atoms with Crippen LogP contribution in [0.3, 0.4) is 0 Å². The van der Waals surface area contributed by atoms with Crippen molar-refractivity contribution in [1.82, 2.24) is 4.98 Å². The summed E-state index contributed by atoms with van der Waals surface area (Å²) in [5, 5.41) is 8.93. The second-order valence-corrected chi connectivity index (χ2v) is 3.33. The molecule has 0 fully saturated rings. The van der Waals surface area contributed by atoms with Crippen molar-refractivity contribution >= 4 is 29.3 Å². The monoisotopic (exact) mass is 226 g/mol. The number of hydrogen-bond donors (Lipinski definition) is 0. The maximum Gasteiger partial charge on any atom is 0.146 e. The molecule has 0 aromatic carbocycles. The minimum Gasteiger partial charge on any atom is -0.243 e. The lowest BCUT2D eigenvalue weighted by Gasteiger charge is -1.95. The summed E-state index contributed by atoms with van der Waals surface area (Å²) in [6.45, 7) is 0. The van der Waals surface area contributed by atoms with Crippen LogP contribution in [0.1, 0.15) is 17.5 Å². The van der Waals surface area contributed by atoms with Crippen molar-refractivity contribution in [2.24, 2.45) is 0 Å². The van der Waals surface area contributed by atoms with Crippen LogP contribution >= 0.6 is 23.2 Å². The van der Waals surface area contributed by atoms with Gasteiger partial charge in [0.25, 0.3) is 0 Å². The Bertz CT molecular complexity index is 380. The van der Waals surface area contributed by atoms with E-state index in [-0.39, 0.29) is 5.15 Å². The van der Waals surface area contributed by atoms with Crippen molar-refractivity contribution in [3.05, 3.63) is 34.6 Å². The van der Waals surface area contributed by atoms with Gasteiger partial charge < -0.3 is 0 Å². The van der Waals surface area contributed by atoms with Gasteiger partial charge in [-0.15, -0.1) is 11.6 Å². The molecule has 0 radical (unpaired) electrons. The van der Waals surface area contributed by atoms with Crippen molar-refractivity contribution in [2.75, 3.05) is 5.88 Å². The molecule has 14 heavy (non-hydrogen) atoms. The van der Waals surface area contributed by atoms with Crippen LogP contribution in [0.5, 0.6) is 0 Å². The zero-order valence-electron chi connectivity index (χ0n) is 7.37. The van der Waals surface area contributed by atoms with E-state index in [0.717, 1.165) is 12.0 Å². The highest BCUT2D eigenvalue weighted by atomic mass is 35.5. The SMILES string of the molecule is N#Cc1cc(C=CCCCl)cnc1Cl.